The van der Waals surface area contributed by atoms with Crippen LogP contribution in [0.25, 0.3) is 6.08 Å². The summed E-state index contributed by atoms with van der Waals surface area (Å²) in [5.41, 5.74) is 2.79. The first-order valence-electron chi connectivity index (χ1n) is 12.2. The first-order chi connectivity index (χ1) is 19.0. The second kappa shape index (κ2) is 11.3. The first kappa shape index (κ1) is 25.8. The Morgan fingerprint density at radius 2 is 1.82 bits per heavy atom. The number of thiazole rings is 1. The molecule has 0 bridgehead atoms. The Balaban J connectivity index is 1.66. The van der Waals surface area contributed by atoms with Crippen molar-refractivity contribution in [2.75, 3.05) is 19.0 Å². The molecular weight excluding hydrogens is 510 g/mol. The highest BCUT2D eigenvalue weighted by atomic mass is 32.1. The second-order valence-electron chi connectivity index (χ2n) is 8.71. The molecule has 3 aromatic carbocycles. The molecule has 5 rings (SSSR count). The zero-order valence-corrected chi connectivity index (χ0v) is 22.2. The third-order valence-electron chi connectivity index (χ3n) is 6.25. The van der Waals surface area contributed by atoms with Gasteiger partial charge in [0, 0.05) is 11.3 Å². The van der Waals surface area contributed by atoms with Crippen LogP contribution in [0.2, 0.25) is 0 Å². The van der Waals surface area contributed by atoms with Gasteiger partial charge in [0.15, 0.2) is 4.80 Å². The highest BCUT2D eigenvalue weighted by Gasteiger charge is 2.32. The molecule has 0 fully saturated rings. The molecular formula is C31H25N3O4S. The van der Waals surface area contributed by atoms with Crippen molar-refractivity contribution < 1.29 is 14.3 Å². The molecule has 0 radical (unpaired) electrons. The van der Waals surface area contributed by atoms with Gasteiger partial charge in [-0.1, -0.05) is 65.8 Å². The van der Waals surface area contributed by atoms with Crippen LogP contribution in [0.4, 0.5) is 5.69 Å². The summed E-state index contributed by atoms with van der Waals surface area (Å²) in [6.07, 6.45) is 7.13. The Bertz CT molecular complexity index is 1780. The zero-order chi connectivity index (χ0) is 27.4. The molecule has 1 unspecified atom stereocenters. The molecule has 1 N–H and O–H groups in total. The van der Waals surface area contributed by atoms with Gasteiger partial charge < -0.3 is 14.8 Å². The molecule has 1 aliphatic heterocycles. The number of aromatic nitrogens is 1. The Morgan fingerprint density at radius 1 is 1.10 bits per heavy atom. The number of rotatable bonds is 7. The summed E-state index contributed by atoms with van der Waals surface area (Å²) in [4.78, 5) is 32.8. The van der Waals surface area contributed by atoms with Crippen molar-refractivity contribution in [2.24, 2.45) is 4.99 Å². The minimum atomic E-state index is -0.689. The van der Waals surface area contributed by atoms with Gasteiger partial charge in [-0.25, -0.2) is 4.99 Å². The van der Waals surface area contributed by atoms with E-state index >= 15 is 0 Å². The van der Waals surface area contributed by atoms with E-state index in [1.54, 1.807) is 30.7 Å². The fourth-order valence-electron chi connectivity index (χ4n) is 4.43. The molecule has 7 nitrogen and oxygen atoms in total. The lowest BCUT2D eigenvalue weighted by Gasteiger charge is -2.25. The van der Waals surface area contributed by atoms with E-state index in [4.69, 9.17) is 20.9 Å². The monoisotopic (exact) mass is 535 g/mol. The van der Waals surface area contributed by atoms with Crippen LogP contribution in [0.15, 0.2) is 99.9 Å². The predicted octanol–water partition coefficient (Wildman–Crippen LogP) is 3.89. The van der Waals surface area contributed by atoms with E-state index in [1.807, 2.05) is 72.8 Å². The maximum Gasteiger partial charge on any atom is 0.271 e. The summed E-state index contributed by atoms with van der Waals surface area (Å²) < 4.78 is 13.0. The van der Waals surface area contributed by atoms with Crippen molar-refractivity contribution in [2.45, 2.75) is 13.0 Å². The number of benzene rings is 3. The standard InChI is InChI=1S/C31H25N3O4S/c1-4-18-38-25-13-9-8-10-22(25)19-26-30(36)34-28(21-14-16-24(37-3)17-15-21)27(20(2)32-31(34)39-26)29(35)33-23-11-6-5-7-12-23/h1,5-17,19,28H,18H2,2-3H3,(H,33,35)/b26-19+. The molecule has 194 valence electrons. The van der Waals surface area contributed by atoms with Gasteiger partial charge in [0.05, 0.1) is 29.0 Å². The highest BCUT2D eigenvalue weighted by molar-refractivity contribution is 7.07. The van der Waals surface area contributed by atoms with Gasteiger partial charge in [0.1, 0.15) is 18.1 Å². The third kappa shape index (κ3) is 5.26. The van der Waals surface area contributed by atoms with Crippen LogP contribution < -0.4 is 29.7 Å². The summed E-state index contributed by atoms with van der Waals surface area (Å²) in [5.74, 6) is 3.38. The number of amides is 1. The average Bonchev–Trinajstić information content (AvgIpc) is 3.26. The second-order valence-corrected chi connectivity index (χ2v) is 9.71. The number of carbonyl (C=O) groups excluding carboxylic acids is 1. The minimum Gasteiger partial charge on any atom is -0.497 e. The molecule has 0 saturated heterocycles. The molecule has 1 aliphatic rings. The number of nitrogens with zero attached hydrogens (tertiary/aromatic N) is 2. The van der Waals surface area contributed by atoms with Gasteiger partial charge in [-0.05, 0) is 48.9 Å². The number of para-hydroxylation sites is 2. The van der Waals surface area contributed by atoms with E-state index in [0.29, 0.717) is 37.8 Å². The van der Waals surface area contributed by atoms with E-state index < -0.39 is 6.04 Å². The van der Waals surface area contributed by atoms with Crippen molar-refractivity contribution in [3.63, 3.8) is 0 Å². The number of ether oxygens (including phenoxy) is 2. The molecule has 0 spiro atoms. The Morgan fingerprint density at radius 3 is 2.54 bits per heavy atom. The van der Waals surface area contributed by atoms with Crippen LogP contribution in [0.3, 0.4) is 0 Å². The number of fused-ring (bicyclic) bond motifs is 1. The van der Waals surface area contributed by atoms with E-state index in [9.17, 15) is 9.59 Å². The lowest BCUT2D eigenvalue weighted by molar-refractivity contribution is -0.113. The maximum absolute atomic E-state index is 13.9. The Kier molecular flexibility index (Phi) is 7.43. The van der Waals surface area contributed by atoms with Crippen LogP contribution in [0.5, 0.6) is 11.5 Å². The molecule has 1 atom stereocenters. The van der Waals surface area contributed by atoms with Crippen molar-refractivity contribution in [1.82, 2.24) is 4.57 Å². The van der Waals surface area contributed by atoms with Crippen LogP contribution in [-0.4, -0.2) is 24.2 Å². The average molecular weight is 536 g/mol. The molecule has 0 aliphatic carbocycles. The van der Waals surface area contributed by atoms with Crippen molar-refractivity contribution in [3.8, 4) is 23.8 Å². The van der Waals surface area contributed by atoms with Crippen LogP contribution in [-0.2, 0) is 4.79 Å². The van der Waals surface area contributed by atoms with Crippen molar-refractivity contribution in [1.29, 1.82) is 0 Å². The van der Waals surface area contributed by atoms with E-state index in [0.717, 1.165) is 11.1 Å². The molecule has 2 heterocycles. The number of hydrogen-bond donors (Lipinski definition) is 1. The minimum absolute atomic E-state index is 0.114. The number of allylic oxidation sites excluding steroid dienone is 1. The lowest BCUT2D eigenvalue weighted by Crippen LogP contribution is -2.40. The summed E-state index contributed by atoms with van der Waals surface area (Å²) in [6.45, 7) is 1.90. The largest absolute Gasteiger partial charge is 0.497 e. The molecule has 0 saturated carbocycles. The molecule has 1 amide bonds. The number of nitrogens with one attached hydrogen (secondary N) is 1. The normalized spacial score (nSPS) is 14.7. The van der Waals surface area contributed by atoms with Crippen LogP contribution >= 0.6 is 11.3 Å². The number of terminal acetylenes is 1. The van der Waals surface area contributed by atoms with Crippen LogP contribution in [0, 0.1) is 12.3 Å². The number of hydrogen-bond acceptors (Lipinski definition) is 6. The lowest BCUT2D eigenvalue weighted by atomic mass is 9.95. The Hall–Kier alpha value is -4.87. The molecule has 1 aromatic heterocycles. The smallest absolute Gasteiger partial charge is 0.271 e. The molecule has 39 heavy (non-hydrogen) atoms. The summed E-state index contributed by atoms with van der Waals surface area (Å²) in [6, 6.07) is 23.2. The molecule has 4 aromatic rings. The summed E-state index contributed by atoms with van der Waals surface area (Å²) >= 11 is 1.26. The van der Waals surface area contributed by atoms with Gasteiger partial charge in [-0.2, -0.15) is 0 Å². The van der Waals surface area contributed by atoms with Gasteiger partial charge in [0.25, 0.3) is 11.5 Å². The predicted molar refractivity (Wildman–Crippen MR) is 153 cm³/mol. The van der Waals surface area contributed by atoms with E-state index in [-0.39, 0.29) is 18.1 Å². The van der Waals surface area contributed by atoms with Crippen molar-refractivity contribution in [3.05, 3.63) is 121 Å². The summed E-state index contributed by atoms with van der Waals surface area (Å²) in [5, 5.41) is 2.95. The van der Waals surface area contributed by atoms with Gasteiger partial charge in [-0.3, -0.25) is 14.2 Å². The fourth-order valence-corrected chi connectivity index (χ4v) is 5.46. The Labute approximate surface area is 229 Å². The number of anilines is 1. The fraction of sp³-hybridized carbons (Fsp3) is 0.129. The van der Waals surface area contributed by atoms with Gasteiger partial charge in [0.2, 0.25) is 0 Å². The maximum atomic E-state index is 13.9. The van der Waals surface area contributed by atoms with E-state index in [2.05, 4.69) is 11.2 Å². The number of carbonyl (C=O) groups is 1. The SMILES string of the molecule is C#CCOc1ccccc1/C=c1/sc2n(c1=O)C(c1ccc(OC)cc1)C(C(=O)Nc1ccccc1)=C(C)N=2. The summed E-state index contributed by atoms with van der Waals surface area (Å²) in [7, 11) is 1.59. The third-order valence-corrected chi connectivity index (χ3v) is 7.23. The van der Waals surface area contributed by atoms with Crippen LogP contribution in [0.1, 0.15) is 24.1 Å². The topological polar surface area (TPSA) is 81.9 Å². The zero-order valence-electron chi connectivity index (χ0n) is 21.4. The number of methoxy groups -OCH3 is 1. The highest BCUT2D eigenvalue weighted by Crippen LogP contribution is 2.31. The quantitative estimate of drug-likeness (QED) is 0.364. The van der Waals surface area contributed by atoms with Gasteiger partial charge in [-0.15, -0.1) is 6.42 Å². The first-order valence-corrected chi connectivity index (χ1v) is 13.0. The van der Waals surface area contributed by atoms with Crippen molar-refractivity contribution >= 4 is 29.0 Å². The molecule has 8 heteroatoms. The van der Waals surface area contributed by atoms with Gasteiger partial charge >= 0.3 is 0 Å². The van der Waals surface area contributed by atoms with E-state index in [1.165, 1.54) is 11.3 Å².